The van der Waals surface area contributed by atoms with E-state index in [0.717, 1.165) is 12.8 Å². The van der Waals surface area contributed by atoms with Gasteiger partial charge in [-0.15, -0.1) is 0 Å². The van der Waals surface area contributed by atoms with E-state index >= 15 is 0 Å². The van der Waals surface area contributed by atoms with Crippen LogP contribution in [0, 0.1) is 5.41 Å². The fourth-order valence-corrected chi connectivity index (χ4v) is 3.82. The molecule has 0 bridgehead atoms. The summed E-state index contributed by atoms with van der Waals surface area (Å²) in [6.07, 6.45) is 2.00. The maximum Gasteiger partial charge on any atom is 0.387 e. The van der Waals surface area contributed by atoms with Crippen LogP contribution in [0.4, 0.5) is 20.2 Å². The van der Waals surface area contributed by atoms with E-state index in [-0.39, 0.29) is 41.8 Å². The normalized spacial score (nSPS) is 18.2. The van der Waals surface area contributed by atoms with Crippen LogP contribution in [0.25, 0.3) is 0 Å². The number of alkyl halides is 2. The Hall–Kier alpha value is -2.30. The monoisotopic (exact) mass is 454 g/mol. The van der Waals surface area contributed by atoms with Gasteiger partial charge in [-0.2, -0.15) is 8.78 Å². The molecule has 1 aromatic carbocycles. The molecule has 0 unspecified atom stereocenters. The Balaban J connectivity index is 1.82. The van der Waals surface area contributed by atoms with Crippen LogP contribution in [0.3, 0.4) is 0 Å². The van der Waals surface area contributed by atoms with Crippen LogP contribution in [0.1, 0.15) is 33.6 Å². The first-order valence-corrected chi connectivity index (χ1v) is 10.8. The van der Waals surface area contributed by atoms with E-state index < -0.39 is 12.7 Å². The second-order valence-corrected chi connectivity index (χ2v) is 9.36. The largest absolute Gasteiger partial charge is 0.433 e. The first-order valence-electron chi connectivity index (χ1n) is 10.8. The number of morpholine rings is 1. The number of ether oxygens (including phenoxy) is 2. The van der Waals surface area contributed by atoms with Gasteiger partial charge in [-0.25, -0.2) is 0 Å². The fraction of sp³-hybridized carbons (Fsp3) is 0.636. The van der Waals surface area contributed by atoms with Gasteiger partial charge in [-0.05, 0) is 30.4 Å². The zero-order chi connectivity index (χ0) is 23.5. The van der Waals surface area contributed by atoms with Crippen LogP contribution in [0.15, 0.2) is 18.2 Å². The van der Waals surface area contributed by atoms with Gasteiger partial charge in [-0.1, -0.05) is 20.8 Å². The van der Waals surface area contributed by atoms with E-state index in [1.165, 1.54) is 17.0 Å². The third-order valence-corrected chi connectivity index (χ3v) is 5.34. The van der Waals surface area contributed by atoms with Gasteiger partial charge in [0.1, 0.15) is 12.6 Å². The molecule has 1 atom stereocenters. The number of benzene rings is 1. The number of halogens is 2. The van der Waals surface area contributed by atoms with Crippen molar-refractivity contribution in [2.75, 3.05) is 43.1 Å². The molecule has 1 saturated carbocycles. The Morgan fingerprint density at radius 1 is 1.38 bits per heavy atom. The van der Waals surface area contributed by atoms with Gasteiger partial charge in [0.2, 0.25) is 5.91 Å². The molecule has 0 radical (unpaired) electrons. The number of nitrogens with one attached hydrogen (secondary N) is 1. The first-order chi connectivity index (χ1) is 15.1. The fourth-order valence-electron chi connectivity index (χ4n) is 3.82. The molecule has 10 heteroatoms. The molecule has 3 rings (SSSR count). The van der Waals surface area contributed by atoms with Crippen molar-refractivity contribution < 1.29 is 27.8 Å². The quantitative estimate of drug-likeness (QED) is 0.595. The van der Waals surface area contributed by atoms with E-state index in [9.17, 15) is 18.4 Å². The van der Waals surface area contributed by atoms with Gasteiger partial charge in [0.15, 0.2) is 5.75 Å². The zero-order valence-corrected chi connectivity index (χ0v) is 18.8. The van der Waals surface area contributed by atoms with Crippen molar-refractivity contribution in [3.63, 3.8) is 0 Å². The maximum atomic E-state index is 13.1. The molecule has 2 fully saturated rings. The number of amides is 2. The van der Waals surface area contributed by atoms with Gasteiger partial charge in [-0.3, -0.25) is 14.5 Å². The summed E-state index contributed by atoms with van der Waals surface area (Å²) in [5.41, 5.74) is 6.42. The van der Waals surface area contributed by atoms with E-state index in [2.05, 4.69) is 35.7 Å². The summed E-state index contributed by atoms with van der Waals surface area (Å²) in [4.78, 5) is 28.8. The van der Waals surface area contributed by atoms with Crippen molar-refractivity contribution in [2.45, 2.75) is 52.3 Å². The molecular formula is C22H32F2N4O4. The molecule has 0 spiro atoms. The summed E-state index contributed by atoms with van der Waals surface area (Å²) in [5, 5.41) is 2.71. The van der Waals surface area contributed by atoms with Crippen LogP contribution >= 0.6 is 0 Å². The van der Waals surface area contributed by atoms with Crippen LogP contribution in [0.5, 0.6) is 5.75 Å². The standard InChI is InChI=1S/C22H32F2N4O4/c1-22(2,3)13-28(14-4-5-14)17(11-25)20(30)26-16-7-6-15(10-18(16)32-21(23)24)27-8-9-31-12-19(27)29/h6-7,10,14,17,21H,4-5,8-9,11-13,25H2,1-3H3,(H,26,30)/t17-/m0/s1. The molecule has 1 heterocycles. The number of rotatable bonds is 9. The van der Waals surface area contributed by atoms with Crippen molar-refractivity contribution in [3.05, 3.63) is 18.2 Å². The highest BCUT2D eigenvalue weighted by Gasteiger charge is 2.38. The third-order valence-electron chi connectivity index (χ3n) is 5.34. The molecule has 8 nitrogen and oxygen atoms in total. The lowest BCUT2D eigenvalue weighted by molar-refractivity contribution is -0.125. The lowest BCUT2D eigenvalue weighted by Crippen LogP contribution is -2.52. The van der Waals surface area contributed by atoms with E-state index in [1.807, 2.05) is 0 Å². The van der Waals surface area contributed by atoms with Crippen LogP contribution < -0.4 is 20.7 Å². The van der Waals surface area contributed by atoms with E-state index in [0.29, 0.717) is 31.4 Å². The molecule has 1 aromatic rings. The van der Waals surface area contributed by atoms with Crippen molar-refractivity contribution in [1.82, 2.24) is 4.90 Å². The summed E-state index contributed by atoms with van der Waals surface area (Å²) < 4.78 is 35.9. The lowest BCUT2D eigenvalue weighted by atomic mass is 9.95. The Morgan fingerprint density at radius 3 is 2.66 bits per heavy atom. The Labute approximate surface area is 187 Å². The van der Waals surface area contributed by atoms with Crippen molar-refractivity contribution >= 4 is 23.2 Å². The molecule has 1 saturated heterocycles. The smallest absolute Gasteiger partial charge is 0.387 e. The van der Waals surface area contributed by atoms with Crippen LogP contribution in [-0.4, -0.2) is 68.3 Å². The minimum Gasteiger partial charge on any atom is -0.433 e. The average Bonchev–Trinajstić information content (AvgIpc) is 3.53. The topological polar surface area (TPSA) is 97.1 Å². The Kier molecular flexibility index (Phi) is 7.68. The molecule has 1 aliphatic heterocycles. The van der Waals surface area contributed by atoms with E-state index in [4.69, 9.17) is 10.5 Å². The van der Waals surface area contributed by atoms with Crippen molar-refractivity contribution in [2.24, 2.45) is 11.1 Å². The average molecular weight is 455 g/mol. The summed E-state index contributed by atoms with van der Waals surface area (Å²) in [6.45, 7) is 4.54. The van der Waals surface area contributed by atoms with Gasteiger partial charge in [0, 0.05) is 37.4 Å². The molecule has 178 valence electrons. The van der Waals surface area contributed by atoms with Crippen LogP contribution in [0.2, 0.25) is 0 Å². The zero-order valence-electron chi connectivity index (χ0n) is 18.8. The molecule has 0 aromatic heterocycles. The molecule has 1 aliphatic carbocycles. The summed E-state index contributed by atoms with van der Waals surface area (Å²) in [6, 6.07) is 4.08. The molecule has 32 heavy (non-hydrogen) atoms. The Morgan fingerprint density at radius 2 is 2.09 bits per heavy atom. The predicted octanol–water partition coefficient (Wildman–Crippen LogP) is 2.43. The summed E-state index contributed by atoms with van der Waals surface area (Å²) in [5.74, 6) is -0.867. The summed E-state index contributed by atoms with van der Waals surface area (Å²) >= 11 is 0. The highest BCUT2D eigenvalue weighted by molar-refractivity contribution is 5.98. The number of carbonyl (C=O) groups excluding carboxylic acids is 2. The number of anilines is 2. The SMILES string of the molecule is CC(C)(C)CN(C1CC1)[C@@H](CN)C(=O)Nc1ccc(N2CCOCC2=O)cc1OC(F)F. The molecule has 3 N–H and O–H groups in total. The lowest BCUT2D eigenvalue weighted by Gasteiger charge is -2.35. The maximum absolute atomic E-state index is 13.1. The minimum atomic E-state index is -3.09. The molecule has 2 amide bonds. The highest BCUT2D eigenvalue weighted by atomic mass is 19.3. The van der Waals surface area contributed by atoms with Gasteiger partial charge < -0.3 is 25.4 Å². The number of hydrogen-bond donors (Lipinski definition) is 2. The first kappa shape index (κ1) is 24.3. The second kappa shape index (κ2) is 10.1. The number of nitrogens with zero attached hydrogens (tertiary/aromatic N) is 2. The second-order valence-electron chi connectivity index (χ2n) is 9.36. The van der Waals surface area contributed by atoms with Gasteiger partial charge >= 0.3 is 6.61 Å². The van der Waals surface area contributed by atoms with Crippen LogP contribution in [-0.2, 0) is 14.3 Å². The predicted molar refractivity (Wildman–Crippen MR) is 117 cm³/mol. The number of hydrogen-bond acceptors (Lipinski definition) is 6. The number of nitrogens with two attached hydrogens (primary N) is 1. The van der Waals surface area contributed by atoms with Crippen molar-refractivity contribution in [1.29, 1.82) is 0 Å². The molecule has 2 aliphatic rings. The minimum absolute atomic E-state index is 0.0351. The molecular weight excluding hydrogens is 422 g/mol. The highest BCUT2D eigenvalue weighted by Crippen LogP contribution is 2.34. The number of carbonyl (C=O) groups is 2. The van der Waals surface area contributed by atoms with Crippen molar-refractivity contribution in [3.8, 4) is 5.75 Å². The van der Waals surface area contributed by atoms with Gasteiger partial charge in [0.05, 0.1) is 12.3 Å². The van der Waals surface area contributed by atoms with E-state index in [1.54, 1.807) is 6.07 Å². The van der Waals surface area contributed by atoms with Gasteiger partial charge in [0.25, 0.3) is 5.91 Å². The summed E-state index contributed by atoms with van der Waals surface area (Å²) in [7, 11) is 0. The third kappa shape index (κ3) is 6.36. The Bertz CT molecular complexity index is 827.